The van der Waals surface area contributed by atoms with Gasteiger partial charge in [-0.15, -0.1) is 0 Å². The largest absolute Gasteiger partial charge is 0.496 e. The zero-order valence-electron chi connectivity index (χ0n) is 11.5. The van der Waals surface area contributed by atoms with Crippen molar-refractivity contribution in [2.75, 3.05) is 7.11 Å². The van der Waals surface area contributed by atoms with Gasteiger partial charge in [0, 0.05) is 18.6 Å². The smallest absolute Gasteiger partial charge is 0.231 e. The maximum atomic E-state index is 12.4. The molecular weight excluding hydrogens is 238 g/mol. The second-order valence-electron chi connectivity index (χ2n) is 4.53. The number of aromatic nitrogens is 1. The quantitative estimate of drug-likeness (QED) is 0.621. The van der Waals surface area contributed by atoms with Crippen molar-refractivity contribution in [1.29, 1.82) is 0 Å². The fourth-order valence-electron chi connectivity index (χ4n) is 2.04. The Labute approximate surface area is 113 Å². The molecule has 3 nitrogen and oxygen atoms in total. The van der Waals surface area contributed by atoms with Crippen LogP contribution in [0.3, 0.4) is 0 Å². The zero-order valence-corrected chi connectivity index (χ0v) is 11.5. The van der Waals surface area contributed by atoms with E-state index in [1.807, 2.05) is 48.9 Å². The molecule has 0 saturated heterocycles. The lowest BCUT2D eigenvalue weighted by molar-refractivity contribution is -0.689. The van der Waals surface area contributed by atoms with Gasteiger partial charge in [0.05, 0.1) is 12.7 Å². The number of carbonyl (C=O) groups is 1. The van der Waals surface area contributed by atoms with E-state index in [0.29, 0.717) is 17.9 Å². The van der Waals surface area contributed by atoms with Crippen LogP contribution in [0.25, 0.3) is 0 Å². The molecule has 0 bridgehead atoms. The second kappa shape index (κ2) is 5.65. The van der Waals surface area contributed by atoms with Gasteiger partial charge >= 0.3 is 0 Å². The van der Waals surface area contributed by atoms with E-state index in [2.05, 4.69) is 0 Å². The van der Waals surface area contributed by atoms with E-state index < -0.39 is 0 Å². The Hall–Kier alpha value is -2.16. The van der Waals surface area contributed by atoms with Gasteiger partial charge < -0.3 is 4.74 Å². The summed E-state index contributed by atoms with van der Waals surface area (Å²) in [6.07, 6.45) is 1.93. The Bertz CT molecular complexity index is 605. The first-order valence-corrected chi connectivity index (χ1v) is 6.25. The van der Waals surface area contributed by atoms with Gasteiger partial charge in [-0.05, 0) is 25.1 Å². The number of benzene rings is 1. The van der Waals surface area contributed by atoms with Crippen LogP contribution in [0.4, 0.5) is 0 Å². The van der Waals surface area contributed by atoms with E-state index in [4.69, 9.17) is 4.74 Å². The van der Waals surface area contributed by atoms with Gasteiger partial charge in [0.2, 0.25) is 12.3 Å². The molecule has 0 amide bonds. The molecule has 0 atom stereocenters. The summed E-state index contributed by atoms with van der Waals surface area (Å²) >= 11 is 0. The molecule has 2 aromatic rings. The summed E-state index contributed by atoms with van der Waals surface area (Å²) in [7, 11) is 1.58. The molecule has 0 aliphatic heterocycles. The highest BCUT2D eigenvalue weighted by Crippen LogP contribution is 2.17. The summed E-state index contributed by atoms with van der Waals surface area (Å²) in [5.41, 5.74) is 2.90. The third-order valence-corrected chi connectivity index (χ3v) is 3.34. The van der Waals surface area contributed by atoms with Crippen LogP contribution >= 0.6 is 0 Å². The molecule has 2 rings (SSSR count). The second-order valence-corrected chi connectivity index (χ2v) is 4.53. The first-order chi connectivity index (χ1) is 9.13. The van der Waals surface area contributed by atoms with Crippen molar-refractivity contribution in [2.24, 2.45) is 0 Å². The molecular formula is C16H18NO2+. The SMILES string of the molecule is COc1ccccc1C(=O)C[n+]1cccc(C)c1C. The standard InChI is InChI=1S/C16H18NO2/c1-12-7-6-10-17(13(12)2)11-15(18)14-8-4-5-9-16(14)19-3/h4-10H,11H2,1-3H3/q+1. The average Bonchev–Trinajstić information content (AvgIpc) is 2.43. The Morgan fingerprint density at radius 1 is 1.16 bits per heavy atom. The summed E-state index contributed by atoms with van der Waals surface area (Å²) in [6.45, 7) is 4.39. The monoisotopic (exact) mass is 256 g/mol. The number of para-hydroxylation sites is 1. The molecule has 0 N–H and O–H groups in total. The Morgan fingerprint density at radius 2 is 1.89 bits per heavy atom. The molecule has 0 spiro atoms. The molecule has 19 heavy (non-hydrogen) atoms. The van der Waals surface area contributed by atoms with Gasteiger partial charge in [0.15, 0.2) is 11.9 Å². The fourth-order valence-corrected chi connectivity index (χ4v) is 2.04. The normalized spacial score (nSPS) is 10.3. The number of pyridine rings is 1. The van der Waals surface area contributed by atoms with E-state index in [9.17, 15) is 4.79 Å². The lowest BCUT2D eigenvalue weighted by Crippen LogP contribution is -2.41. The van der Waals surface area contributed by atoms with E-state index in [-0.39, 0.29) is 5.78 Å². The molecule has 0 fully saturated rings. The Morgan fingerprint density at radius 3 is 2.63 bits per heavy atom. The number of hydrogen-bond donors (Lipinski definition) is 0. The predicted molar refractivity (Wildman–Crippen MR) is 73.4 cm³/mol. The van der Waals surface area contributed by atoms with Crippen LogP contribution in [0.5, 0.6) is 5.75 Å². The number of hydrogen-bond acceptors (Lipinski definition) is 2. The highest BCUT2D eigenvalue weighted by molar-refractivity contribution is 5.97. The molecule has 0 aliphatic carbocycles. The van der Waals surface area contributed by atoms with Gasteiger partial charge in [0.25, 0.3) is 0 Å². The molecule has 0 aliphatic rings. The molecule has 0 saturated carbocycles. The maximum Gasteiger partial charge on any atom is 0.231 e. The van der Waals surface area contributed by atoms with Crippen LogP contribution in [0.2, 0.25) is 0 Å². The number of methoxy groups -OCH3 is 1. The number of aryl methyl sites for hydroxylation is 1. The van der Waals surface area contributed by atoms with Crippen molar-refractivity contribution < 1.29 is 14.1 Å². The van der Waals surface area contributed by atoms with Gasteiger partial charge in [-0.1, -0.05) is 12.1 Å². The van der Waals surface area contributed by atoms with Crippen molar-refractivity contribution in [3.8, 4) is 5.75 Å². The minimum absolute atomic E-state index is 0.0520. The Balaban J connectivity index is 2.28. The molecule has 1 aromatic heterocycles. The number of carbonyl (C=O) groups excluding carboxylic acids is 1. The molecule has 1 heterocycles. The predicted octanol–water partition coefficient (Wildman–Crippen LogP) is 2.48. The average molecular weight is 256 g/mol. The van der Waals surface area contributed by atoms with E-state index in [0.717, 1.165) is 5.69 Å². The number of rotatable bonds is 4. The van der Waals surface area contributed by atoms with Crippen LogP contribution in [0.1, 0.15) is 21.6 Å². The van der Waals surface area contributed by atoms with Crippen molar-refractivity contribution in [3.63, 3.8) is 0 Å². The lowest BCUT2D eigenvalue weighted by atomic mass is 10.1. The van der Waals surface area contributed by atoms with Gasteiger partial charge in [-0.25, -0.2) is 0 Å². The number of ether oxygens (including phenoxy) is 1. The third-order valence-electron chi connectivity index (χ3n) is 3.34. The fraction of sp³-hybridized carbons (Fsp3) is 0.250. The summed E-state index contributed by atoms with van der Waals surface area (Å²) in [5.74, 6) is 0.676. The van der Waals surface area contributed by atoms with Gasteiger partial charge in [-0.2, -0.15) is 4.57 Å². The molecule has 3 heteroatoms. The highest BCUT2D eigenvalue weighted by atomic mass is 16.5. The van der Waals surface area contributed by atoms with Crippen molar-refractivity contribution in [3.05, 3.63) is 59.4 Å². The third kappa shape index (κ3) is 2.81. The van der Waals surface area contributed by atoms with E-state index >= 15 is 0 Å². The van der Waals surface area contributed by atoms with E-state index in [1.54, 1.807) is 19.2 Å². The summed E-state index contributed by atoms with van der Waals surface area (Å²) in [6, 6.07) is 11.3. The first kappa shape index (κ1) is 13.3. The molecule has 0 radical (unpaired) electrons. The number of Topliss-reactive ketones (excluding diaryl/α,β-unsaturated/α-hetero) is 1. The van der Waals surface area contributed by atoms with Crippen molar-refractivity contribution in [2.45, 2.75) is 20.4 Å². The summed E-state index contributed by atoms with van der Waals surface area (Å²) in [4.78, 5) is 12.4. The first-order valence-electron chi connectivity index (χ1n) is 6.25. The van der Waals surface area contributed by atoms with Crippen LogP contribution in [0, 0.1) is 13.8 Å². The summed E-state index contributed by atoms with van der Waals surface area (Å²) in [5, 5.41) is 0. The zero-order chi connectivity index (χ0) is 13.8. The van der Waals surface area contributed by atoms with Crippen molar-refractivity contribution >= 4 is 5.78 Å². The van der Waals surface area contributed by atoms with Gasteiger partial charge in [-0.3, -0.25) is 4.79 Å². The van der Waals surface area contributed by atoms with Crippen LogP contribution in [0.15, 0.2) is 42.6 Å². The molecule has 1 aromatic carbocycles. The number of nitrogens with zero attached hydrogens (tertiary/aromatic N) is 1. The van der Waals surface area contributed by atoms with Crippen molar-refractivity contribution in [1.82, 2.24) is 0 Å². The minimum atomic E-state index is 0.0520. The van der Waals surface area contributed by atoms with Gasteiger partial charge in [0.1, 0.15) is 5.75 Å². The minimum Gasteiger partial charge on any atom is -0.496 e. The summed E-state index contributed by atoms with van der Waals surface area (Å²) < 4.78 is 7.19. The van der Waals surface area contributed by atoms with Crippen LogP contribution in [-0.2, 0) is 6.54 Å². The highest BCUT2D eigenvalue weighted by Gasteiger charge is 2.18. The Kier molecular flexibility index (Phi) is 3.95. The molecule has 98 valence electrons. The van der Waals surface area contributed by atoms with Crippen LogP contribution < -0.4 is 9.30 Å². The van der Waals surface area contributed by atoms with Crippen LogP contribution in [-0.4, -0.2) is 12.9 Å². The molecule has 0 unspecified atom stereocenters. The topological polar surface area (TPSA) is 30.2 Å². The number of ketones is 1. The lowest BCUT2D eigenvalue weighted by Gasteiger charge is -2.06. The van der Waals surface area contributed by atoms with E-state index in [1.165, 1.54) is 5.56 Å². The maximum absolute atomic E-state index is 12.4.